The largest absolute Gasteiger partial charge is 0.494 e. The molecule has 0 unspecified atom stereocenters. The highest BCUT2D eigenvalue weighted by molar-refractivity contribution is 5.62. The lowest BCUT2D eigenvalue weighted by Crippen LogP contribution is -2.19. The first-order valence-corrected chi connectivity index (χ1v) is 10.3. The maximum absolute atomic E-state index is 12.5. The van der Waals surface area contributed by atoms with Gasteiger partial charge in [0.2, 0.25) is 0 Å². The number of para-hydroxylation sites is 1. The Labute approximate surface area is 188 Å². The molecule has 2 aromatic carbocycles. The van der Waals surface area contributed by atoms with Crippen LogP contribution >= 0.6 is 0 Å². The van der Waals surface area contributed by atoms with Crippen molar-refractivity contribution in [3.63, 3.8) is 0 Å². The van der Waals surface area contributed by atoms with Gasteiger partial charge in [-0.1, -0.05) is 30.3 Å². The average molecular weight is 457 g/mol. The van der Waals surface area contributed by atoms with Gasteiger partial charge in [-0.25, -0.2) is 9.67 Å². The SMILES string of the molecule is Cn1cc(-c2nc(-c3cccc(OCC(F)(F)F)c3)n(CCCOc3ccccc3)n2)cn1. The van der Waals surface area contributed by atoms with Gasteiger partial charge in [0, 0.05) is 31.8 Å². The summed E-state index contributed by atoms with van der Waals surface area (Å²) in [6.45, 7) is -0.385. The monoisotopic (exact) mass is 457 g/mol. The van der Waals surface area contributed by atoms with Crippen molar-refractivity contribution in [3.05, 3.63) is 67.0 Å². The third-order valence-corrected chi connectivity index (χ3v) is 4.66. The Bertz CT molecular complexity index is 1190. The van der Waals surface area contributed by atoms with E-state index < -0.39 is 12.8 Å². The Morgan fingerprint density at radius 2 is 1.73 bits per heavy atom. The summed E-state index contributed by atoms with van der Waals surface area (Å²) in [6.07, 6.45) is -0.306. The highest BCUT2D eigenvalue weighted by atomic mass is 19.4. The van der Waals surface area contributed by atoms with Crippen LogP contribution in [0, 0.1) is 0 Å². The first kappa shape index (κ1) is 22.4. The zero-order chi connectivity index (χ0) is 23.3. The van der Waals surface area contributed by atoms with E-state index in [0.717, 1.165) is 11.3 Å². The second kappa shape index (κ2) is 9.76. The van der Waals surface area contributed by atoms with Gasteiger partial charge in [-0.2, -0.15) is 23.4 Å². The highest BCUT2D eigenvalue weighted by Gasteiger charge is 2.28. The molecule has 2 aromatic heterocycles. The fraction of sp³-hybridized carbons (Fsp3) is 0.261. The normalized spacial score (nSPS) is 11.5. The molecule has 0 aliphatic carbocycles. The van der Waals surface area contributed by atoms with Crippen molar-refractivity contribution in [2.24, 2.45) is 7.05 Å². The minimum absolute atomic E-state index is 0.106. The van der Waals surface area contributed by atoms with Gasteiger partial charge < -0.3 is 9.47 Å². The molecule has 172 valence electrons. The van der Waals surface area contributed by atoms with Gasteiger partial charge in [0.15, 0.2) is 18.3 Å². The van der Waals surface area contributed by atoms with Crippen molar-refractivity contribution >= 4 is 0 Å². The fourth-order valence-corrected chi connectivity index (χ4v) is 3.18. The lowest BCUT2D eigenvalue weighted by atomic mass is 10.2. The molecule has 0 fully saturated rings. The molecule has 4 rings (SSSR count). The van der Waals surface area contributed by atoms with E-state index in [9.17, 15) is 13.2 Å². The van der Waals surface area contributed by atoms with Crippen LogP contribution in [0.2, 0.25) is 0 Å². The van der Waals surface area contributed by atoms with Crippen LogP contribution in [-0.4, -0.2) is 43.9 Å². The summed E-state index contributed by atoms with van der Waals surface area (Å²) in [6, 6.07) is 15.9. The summed E-state index contributed by atoms with van der Waals surface area (Å²) in [4.78, 5) is 4.63. The van der Waals surface area contributed by atoms with Gasteiger partial charge in [-0.3, -0.25) is 4.68 Å². The van der Waals surface area contributed by atoms with Gasteiger partial charge >= 0.3 is 6.18 Å². The quantitative estimate of drug-likeness (QED) is 0.339. The number of rotatable bonds is 9. The number of halogens is 3. The Hall–Kier alpha value is -3.82. The molecule has 0 N–H and O–H groups in total. The molecule has 0 aliphatic heterocycles. The molecule has 0 saturated heterocycles. The first-order chi connectivity index (χ1) is 15.9. The number of ether oxygens (including phenoxy) is 2. The number of aromatic nitrogens is 5. The minimum atomic E-state index is -4.41. The van der Waals surface area contributed by atoms with Crippen LogP contribution < -0.4 is 9.47 Å². The smallest absolute Gasteiger partial charge is 0.422 e. The van der Waals surface area contributed by atoms with Crippen LogP contribution in [0.3, 0.4) is 0 Å². The lowest BCUT2D eigenvalue weighted by molar-refractivity contribution is -0.153. The molecular weight excluding hydrogens is 435 g/mol. The predicted octanol–water partition coefficient (Wildman–Crippen LogP) is 4.76. The second-order valence-electron chi connectivity index (χ2n) is 7.33. The molecule has 0 aliphatic rings. The van der Waals surface area contributed by atoms with Gasteiger partial charge in [-0.05, 0) is 24.3 Å². The van der Waals surface area contributed by atoms with Crippen molar-refractivity contribution in [2.75, 3.05) is 13.2 Å². The summed E-state index contributed by atoms with van der Waals surface area (Å²) in [5, 5.41) is 8.76. The molecule has 10 heteroatoms. The topological polar surface area (TPSA) is 67.0 Å². The molecule has 0 spiro atoms. The second-order valence-corrected chi connectivity index (χ2v) is 7.33. The lowest BCUT2D eigenvalue weighted by Gasteiger charge is -2.11. The zero-order valence-electron chi connectivity index (χ0n) is 17.9. The molecule has 7 nitrogen and oxygen atoms in total. The highest BCUT2D eigenvalue weighted by Crippen LogP contribution is 2.27. The minimum Gasteiger partial charge on any atom is -0.494 e. The molecular formula is C23H22F3N5O2. The van der Waals surface area contributed by atoms with E-state index in [0.29, 0.717) is 36.8 Å². The van der Waals surface area contributed by atoms with Crippen molar-refractivity contribution in [1.29, 1.82) is 0 Å². The summed E-state index contributed by atoms with van der Waals surface area (Å²) in [5.41, 5.74) is 1.34. The van der Waals surface area contributed by atoms with E-state index in [1.54, 1.807) is 40.9 Å². The molecule has 0 amide bonds. The van der Waals surface area contributed by atoms with E-state index in [-0.39, 0.29) is 5.75 Å². The van der Waals surface area contributed by atoms with Crippen LogP contribution in [-0.2, 0) is 13.6 Å². The molecule has 4 aromatic rings. The number of aryl methyl sites for hydroxylation is 2. The van der Waals surface area contributed by atoms with E-state index in [2.05, 4.69) is 15.2 Å². The van der Waals surface area contributed by atoms with E-state index in [1.165, 1.54) is 12.1 Å². The van der Waals surface area contributed by atoms with E-state index in [4.69, 9.17) is 9.47 Å². The Morgan fingerprint density at radius 3 is 2.45 bits per heavy atom. The maximum Gasteiger partial charge on any atom is 0.422 e. The summed E-state index contributed by atoms with van der Waals surface area (Å²) in [5.74, 6) is 1.88. The summed E-state index contributed by atoms with van der Waals surface area (Å²) in [7, 11) is 1.80. The standard InChI is InChI=1S/C23H22F3N5O2/c1-30-15-18(14-27-30)21-28-22(17-7-5-10-20(13-17)33-16-23(24,25)26)31(29-21)11-6-12-32-19-8-3-2-4-9-19/h2-5,7-10,13-15H,6,11-12,16H2,1H3. The van der Waals surface area contributed by atoms with Crippen molar-refractivity contribution in [2.45, 2.75) is 19.1 Å². The predicted molar refractivity (Wildman–Crippen MR) is 116 cm³/mol. The average Bonchev–Trinajstić information content (AvgIpc) is 3.42. The van der Waals surface area contributed by atoms with Crippen LogP contribution in [0.25, 0.3) is 22.8 Å². The Morgan fingerprint density at radius 1 is 0.939 bits per heavy atom. The van der Waals surface area contributed by atoms with Gasteiger partial charge in [-0.15, -0.1) is 0 Å². The molecule has 0 radical (unpaired) electrons. The zero-order valence-corrected chi connectivity index (χ0v) is 17.9. The molecule has 33 heavy (non-hydrogen) atoms. The summed E-state index contributed by atoms with van der Waals surface area (Å²) >= 11 is 0. The third-order valence-electron chi connectivity index (χ3n) is 4.66. The van der Waals surface area contributed by atoms with E-state index >= 15 is 0 Å². The number of nitrogens with zero attached hydrogens (tertiary/aromatic N) is 5. The fourth-order valence-electron chi connectivity index (χ4n) is 3.18. The van der Waals surface area contributed by atoms with Crippen molar-refractivity contribution < 1.29 is 22.6 Å². The van der Waals surface area contributed by atoms with E-state index in [1.807, 2.05) is 30.3 Å². The van der Waals surface area contributed by atoms with Crippen LogP contribution in [0.4, 0.5) is 13.2 Å². The number of hydrogen-bond donors (Lipinski definition) is 0. The first-order valence-electron chi connectivity index (χ1n) is 10.3. The maximum atomic E-state index is 12.5. The van der Waals surface area contributed by atoms with Crippen LogP contribution in [0.1, 0.15) is 6.42 Å². The Kier molecular flexibility index (Phi) is 6.62. The molecule has 0 atom stereocenters. The van der Waals surface area contributed by atoms with Gasteiger partial charge in [0.05, 0.1) is 18.4 Å². The number of alkyl halides is 3. The van der Waals surface area contributed by atoms with Crippen molar-refractivity contribution in [1.82, 2.24) is 24.5 Å². The molecule has 0 saturated carbocycles. The number of benzene rings is 2. The van der Waals surface area contributed by atoms with Gasteiger partial charge in [0.25, 0.3) is 0 Å². The molecule has 0 bridgehead atoms. The third kappa shape index (κ3) is 6.12. The number of hydrogen-bond acceptors (Lipinski definition) is 5. The van der Waals surface area contributed by atoms with Gasteiger partial charge in [0.1, 0.15) is 11.5 Å². The summed E-state index contributed by atoms with van der Waals surface area (Å²) < 4.78 is 51.7. The van der Waals surface area contributed by atoms with Crippen molar-refractivity contribution in [3.8, 4) is 34.3 Å². The molecule has 2 heterocycles. The van der Waals surface area contributed by atoms with Crippen LogP contribution in [0.5, 0.6) is 11.5 Å². The Balaban J connectivity index is 1.54. The van der Waals surface area contributed by atoms with Crippen LogP contribution in [0.15, 0.2) is 67.0 Å².